The second kappa shape index (κ2) is 9.25. The Hall–Kier alpha value is -2.03. The molecule has 8 heteroatoms. The lowest BCUT2D eigenvalue weighted by Gasteiger charge is -2.38. The second-order valence-corrected chi connectivity index (χ2v) is 6.98. The number of amides is 2. The zero-order valence-corrected chi connectivity index (χ0v) is 15.7. The van der Waals surface area contributed by atoms with E-state index in [9.17, 15) is 14.0 Å². The molecule has 0 aliphatic carbocycles. The van der Waals surface area contributed by atoms with Gasteiger partial charge in [-0.25, -0.2) is 4.39 Å². The molecule has 2 saturated heterocycles. The molecule has 1 atom stereocenters. The van der Waals surface area contributed by atoms with Crippen molar-refractivity contribution in [2.75, 3.05) is 64.3 Å². The number of morpholine rings is 1. The van der Waals surface area contributed by atoms with E-state index in [1.165, 1.54) is 12.1 Å². The van der Waals surface area contributed by atoms with Gasteiger partial charge in [0.05, 0.1) is 25.8 Å². The topological polar surface area (TPSA) is 65.1 Å². The Balaban J connectivity index is 1.43. The van der Waals surface area contributed by atoms with E-state index in [4.69, 9.17) is 4.74 Å². The summed E-state index contributed by atoms with van der Waals surface area (Å²) in [5.74, 6) is -0.388. The Bertz CT molecular complexity index is 658. The normalized spacial score (nSPS) is 20.3. The molecule has 2 fully saturated rings. The van der Waals surface area contributed by atoms with Crippen molar-refractivity contribution in [3.05, 3.63) is 30.1 Å². The molecule has 0 saturated carbocycles. The maximum Gasteiger partial charge on any atom is 0.241 e. The van der Waals surface area contributed by atoms with Gasteiger partial charge in [-0.15, -0.1) is 0 Å². The van der Waals surface area contributed by atoms with E-state index in [2.05, 4.69) is 15.1 Å². The van der Waals surface area contributed by atoms with Crippen LogP contribution in [0.15, 0.2) is 24.3 Å². The van der Waals surface area contributed by atoms with Crippen LogP contribution in [0.1, 0.15) is 6.92 Å². The molecule has 27 heavy (non-hydrogen) atoms. The average molecular weight is 378 g/mol. The third-order valence-electron chi connectivity index (χ3n) is 5.15. The average Bonchev–Trinajstić information content (AvgIpc) is 2.68. The smallest absolute Gasteiger partial charge is 0.241 e. The number of anilines is 1. The van der Waals surface area contributed by atoms with Crippen LogP contribution in [0.5, 0.6) is 0 Å². The van der Waals surface area contributed by atoms with Crippen LogP contribution in [0.3, 0.4) is 0 Å². The summed E-state index contributed by atoms with van der Waals surface area (Å²) >= 11 is 0. The van der Waals surface area contributed by atoms with Gasteiger partial charge in [-0.1, -0.05) is 6.07 Å². The van der Waals surface area contributed by atoms with Crippen molar-refractivity contribution in [3.63, 3.8) is 0 Å². The summed E-state index contributed by atoms with van der Waals surface area (Å²) in [5.41, 5.74) is 0.460. The number of piperazine rings is 1. The molecule has 0 spiro atoms. The molecule has 7 nitrogen and oxygen atoms in total. The Kier molecular flexibility index (Phi) is 6.76. The fraction of sp³-hybridized carbons (Fsp3) is 0.579. The van der Waals surface area contributed by atoms with E-state index in [1.54, 1.807) is 12.1 Å². The van der Waals surface area contributed by atoms with Crippen molar-refractivity contribution in [1.82, 2.24) is 14.7 Å². The number of hydrogen-bond donors (Lipinski definition) is 1. The summed E-state index contributed by atoms with van der Waals surface area (Å²) in [7, 11) is 0. The summed E-state index contributed by atoms with van der Waals surface area (Å²) in [6.45, 7) is 7.73. The molecule has 148 valence electrons. The molecule has 1 aromatic carbocycles. The first-order chi connectivity index (χ1) is 13.0. The van der Waals surface area contributed by atoms with Crippen LogP contribution in [0.4, 0.5) is 10.1 Å². The van der Waals surface area contributed by atoms with Gasteiger partial charge in [-0.05, 0) is 25.1 Å². The summed E-state index contributed by atoms with van der Waals surface area (Å²) in [4.78, 5) is 30.8. The quantitative estimate of drug-likeness (QED) is 0.814. The number of benzene rings is 1. The molecule has 2 aliphatic rings. The second-order valence-electron chi connectivity index (χ2n) is 6.98. The third-order valence-corrected chi connectivity index (χ3v) is 5.15. The third kappa shape index (κ3) is 5.47. The Morgan fingerprint density at radius 2 is 1.85 bits per heavy atom. The van der Waals surface area contributed by atoms with E-state index >= 15 is 0 Å². The zero-order chi connectivity index (χ0) is 19.2. The molecule has 1 N–H and O–H groups in total. The minimum Gasteiger partial charge on any atom is -0.378 e. The molecular formula is C19H27FN4O3. The molecule has 0 bridgehead atoms. The highest BCUT2D eigenvalue weighted by Gasteiger charge is 2.27. The Labute approximate surface area is 159 Å². The fourth-order valence-corrected chi connectivity index (χ4v) is 3.39. The number of nitrogens with one attached hydrogen (secondary N) is 1. The molecule has 0 unspecified atom stereocenters. The highest BCUT2D eigenvalue weighted by Crippen LogP contribution is 2.12. The van der Waals surface area contributed by atoms with E-state index < -0.39 is 0 Å². The van der Waals surface area contributed by atoms with Crippen LogP contribution in [-0.4, -0.2) is 91.6 Å². The maximum atomic E-state index is 13.2. The zero-order valence-electron chi connectivity index (χ0n) is 15.7. The van der Waals surface area contributed by atoms with Crippen LogP contribution < -0.4 is 5.32 Å². The number of hydrogen-bond acceptors (Lipinski definition) is 5. The van der Waals surface area contributed by atoms with Gasteiger partial charge in [0.2, 0.25) is 11.8 Å². The van der Waals surface area contributed by atoms with E-state index in [1.807, 2.05) is 11.8 Å². The van der Waals surface area contributed by atoms with Gasteiger partial charge in [0, 0.05) is 45.0 Å². The Morgan fingerprint density at radius 1 is 1.15 bits per heavy atom. The minimum atomic E-state index is -0.376. The van der Waals surface area contributed by atoms with E-state index in [-0.39, 0.29) is 23.7 Å². The monoisotopic (exact) mass is 378 g/mol. The molecular weight excluding hydrogens is 351 g/mol. The van der Waals surface area contributed by atoms with E-state index in [0.29, 0.717) is 51.6 Å². The van der Waals surface area contributed by atoms with Crippen LogP contribution in [0.25, 0.3) is 0 Å². The number of ether oxygens (including phenoxy) is 1. The lowest BCUT2D eigenvalue weighted by Crippen LogP contribution is -2.55. The summed E-state index contributed by atoms with van der Waals surface area (Å²) in [6, 6.07) is 5.57. The van der Waals surface area contributed by atoms with Crippen LogP contribution >= 0.6 is 0 Å². The standard InChI is InChI=1S/C19H27FN4O3/c1-15(19(26)21-17-4-2-3-16(20)13-17)23-7-5-22(6-8-23)14-18(25)24-9-11-27-12-10-24/h2-4,13,15H,5-12,14H2,1H3,(H,21,26)/t15-/m0/s1. The highest BCUT2D eigenvalue weighted by molar-refractivity contribution is 5.94. The van der Waals surface area contributed by atoms with Crippen molar-refractivity contribution in [2.45, 2.75) is 13.0 Å². The first-order valence-electron chi connectivity index (χ1n) is 9.41. The molecule has 2 amide bonds. The van der Waals surface area contributed by atoms with Gasteiger partial charge >= 0.3 is 0 Å². The van der Waals surface area contributed by atoms with Gasteiger partial charge < -0.3 is 15.0 Å². The molecule has 2 aliphatic heterocycles. The highest BCUT2D eigenvalue weighted by atomic mass is 19.1. The number of rotatable bonds is 5. The lowest BCUT2D eigenvalue weighted by atomic mass is 10.2. The number of carbonyl (C=O) groups is 2. The largest absolute Gasteiger partial charge is 0.378 e. The summed E-state index contributed by atoms with van der Waals surface area (Å²) in [6.07, 6.45) is 0. The number of nitrogens with zero attached hydrogens (tertiary/aromatic N) is 3. The van der Waals surface area contributed by atoms with Gasteiger partial charge in [-0.3, -0.25) is 19.4 Å². The predicted molar refractivity (Wildman–Crippen MR) is 99.9 cm³/mol. The van der Waals surface area contributed by atoms with Gasteiger partial charge in [0.15, 0.2) is 0 Å². The SMILES string of the molecule is C[C@@H](C(=O)Nc1cccc(F)c1)N1CCN(CC(=O)N2CCOCC2)CC1. The summed E-state index contributed by atoms with van der Waals surface area (Å²) < 4.78 is 18.5. The van der Waals surface area contributed by atoms with Crippen LogP contribution in [0.2, 0.25) is 0 Å². The number of halogens is 1. The van der Waals surface area contributed by atoms with Crippen molar-refractivity contribution >= 4 is 17.5 Å². The summed E-state index contributed by atoms with van der Waals surface area (Å²) in [5, 5.41) is 2.76. The molecule has 3 rings (SSSR count). The Morgan fingerprint density at radius 3 is 2.52 bits per heavy atom. The lowest BCUT2D eigenvalue weighted by molar-refractivity contribution is -0.137. The van der Waals surface area contributed by atoms with E-state index in [0.717, 1.165) is 13.1 Å². The van der Waals surface area contributed by atoms with Crippen molar-refractivity contribution in [2.24, 2.45) is 0 Å². The molecule has 0 aromatic heterocycles. The predicted octanol–water partition coefficient (Wildman–Crippen LogP) is 0.629. The fourth-order valence-electron chi connectivity index (χ4n) is 3.39. The first-order valence-corrected chi connectivity index (χ1v) is 9.41. The van der Waals surface area contributed by atoms with Crippen molar-refractivity contribution < 1.29 is 18.7 Å². The molecule has 0 radical (unpaired) electrons. The van der Waals surface area contributed by atoms with Crippen LogP contribution in [-0.2, 0) is 14.3 Å². The van der Waals surface area contributed by atoms with Crippen LogP contribution in [0, 0.1) is 5.82 Å². The van der Waals surface area contributed by atoms with Crippen molar-refractivity contribution in [1.29, 1.82) is 0 Å². The van der Waals surface area contributed by atoms with Gasteiger partial charge in [0.25, 0.3) is 0 Å². The maximum absolute atomic E-state index is 13.2. The minimum absolute atomic E-state index is 0.142. The van der Waals surface area contributed by atoms with Crippen molar-refractivity contribution in [3.8, 4) is 0 Å². The molecule has 2 heterocycles. The molecule has 1 aromatic rings. The van der Waals surface area contributed by atoms with Gasteiger partial charge in [-0.2, -0.15) is 0 Å². The first kappa shape index (κ1) is 19.7. The number of carbonyl (C=O) groups excluding carboxylic acids is 2. The van der Waals surface area contributed by atoms with Gasteiger partial charge in [0.1, 0.15) is 5.82 Å².